The molecule has 0 spiro atoms. The van der Waals surface area contributed by atoms with E-state index in [2.05, 4.69) is 31.1 Å². The number of carbonyl (C=O) groups excluding carboxylic acids is 2. The molecule has 2 aromatic carbocycles. The zero-order valence-corrected chi connectivity index (χ0v) is 24.8. The number of aromatic nitrogens is 4. The van der Waals surface area contributed by atoms with Crippen LogP contribution < -0.4 is 16.0 Å². The van der Waals surface area contributed by atoms with Crippen LogP contribution in [0.3, 0.4) is 0 Å². The van der Waals surface area contributed by atoms with Gasteiger partial charge < -0.3 is 35.1 Å². The minimum Gasteiger partial charge on any atom is -0.508 e. The van der Waals surface area contributed by atoms with Crippen molar-refractivity contribution in [2.24, 2.45) is 0 Å². The second-order valence-electron chi connectivity index (χ2n) is 11.8. The summed E-state index contributed by atoms with van der Waals surface area (Å²) in [5.41, 5.74) is 3.11. The van der Waals surface area contributed by atoms with Crippen LogP contribution in [0.25, 0.3) is 11.5 Å². The van der Waals surface area contributed by atoms with Gasteiger partial charge in [0, 0.05) is 43.6 Å². The summed E-state index contributed by atoms with van der Waals surface area (Å²) in [5, 5.41) is 28.1. The molecular weight excluding hydrogens is 564 g/mol. The molecule has 4 aromatic rings. The number of ether oxygens (including phenoxy) is 1. The number of phenolic OH excluding ortho intramolecular Hbond substituents is 1. The van der Waals surface area contributed by atoms with Crippen molar-refractivity contribution in [3.05, 3.63) is 71.2 Å². The molecule has 1 saturated heterocycles. The number of aromatic hydroxyl groups is 1. The minimum absolute atomic E-state index is 0.0762. The van der Waals surface area contributed by atoms with Gasteiger partial charge in [-0.1, -0.05) is 18.2 Å². The van der Waals surface area contributed by atoms with Crippen LogP contribution in [-0.2, 0) is 17.6 Å². The molecule has 0 atom stereocenters. The number of carbonyl (C=O) groups is 2. The Kier molecular flexibility index (Phi) is 7.77. The maximum atomic E-state index is 12.3. The Morgan fingerprint density at radius 1 is 1.16 bits per heavy atom. The highest BCUT2D eigenvalue weighted by Gasteiger charge is 2.38. The Morgan fingerprint density at radius 3 is 2.77 bits per heavy atom. The number of likely N-dealkylation sites (tertiary alicyclic amines) is 1. The van der Waals surface area contributed by atoms with Crippen molar-refractivity contribution in [2.75, 3.05) is 36.8 Å². The topological polar surface area (TPSA) is 168 Å². The number of nitrogens with zero attached hydrogens (tertiary/aromatic N) is 5. The Balaban J connectivity index is 1.20. The molecule has 228 valence electrons. The van der Waals surface area contributed by atoms with Crippen LogP contribution in [0.4, 0.5) is 22.2 Å². The molecule has 13 heteroatoms. The second kappa shape index (κ2) is 11.8. The van der Waals surface area contributed by atoms with Crippen LogP contribution >= 0.6 is 0 Å². The van der Waals surface area contributed by atoms with Gasteiger partial charge in [0.05, 0.1) is 11.5 Å². The van der Waals surface area contributed by atoms with Gasteiger partial charge in [-0.15, -0.1) is 10.2 Å². The third-order valence-corrected chi connectivity index (χ3v) is 7.31. The molecule has 2 aromatic heterocycles. The lowest BCUT2D eigenvalue weighted by atomic mass is 10.00. The largest absolute Gasteiger partial charge is 0.508 e. The molecule has 0 radical (unpaired) electrons. The van der Waals surface area contributed by atoms with Crippen molar-refractivity contribution in [1.29, 1.82) is 0 Å². The smallest absolute Gasteiger partial charge is 0.410 e. The molecular formula is C31H34N8O5. The van der Waals surface area contributed by atoms with E-state index in [9.17, 15) is 14.7 Å². The predicted octanol–water partition coefficient (Wildman–Crippen LogP) is 4.25. The van der Waals surface area contributed by atoms with Crippen molar-refractivity contribution in [3.63, 3.8) is 0 Å². The number of rotatable bonds is 8. The molecule has 0 unspecified atom stereocenters. The Hall–Kier alpha value is -5.20. The molecule has 44 heavy (non-hydrogen) atoms. The lowest BCUT2D eigenvalue weighted by Gasteiger charge is -2.37. The first kappa shape index (κ1) is 28.9. The highest BCUT2D eigenvalue weighted by atomic mass is 16.6. The summed E-state index contributed by atoms with van der Waals surface area (Å²) in [6.45, 7) is 7.39. The number of hydrogen-bond acceptors (Lipinski definition) is 11. The van der Waals surface area contributed by atoms with Crippen LogP contribution in [0.5, 0.6) is 5.75 Å². The average Bonchev–Trinajstić information content (AvgIpc) is 3.42. The first-order valence-corrected chi connectivity index (χ1v) is 14.5. The monoisotopic (exact) mass is 598 g/mol. The summed E-state index contributed by atoms with van der Waals surface area (Å²) in [4.78, 5) is 35.3. The molecule has 2 amide bonds. The van der Waals surface area contributed by atoms with Crippen molar-refractivity contribution >= 4 is 29.5 Å². The van der Waals surface area contributed by atoms with E-state index in [0.717, 1.165) is 23.2 Å². The van der Waals surface area contributed by atoms with Gasteiger partial charge >= 0.3 is 6.09 Å². The van der Waals surface area contributed by atoms with E-state index in [1.807, 2.05) is 45.0 Å². The molecule has 4 heterocycles. The number of amides is 2. The quantitative estimate of drug-likeness (QED) is 0.229. The standard InChI is InChI=1S/C31H34N8O5/c1-31(2,3)44-30(42)39-16-20(17-39)27-37-38-28(43-27)23-15-34-29(35-21-8-9-22-19(14-21)11-13-33-26(22)41)36-25(23)32-12-10-18-6-4-5-7-24(18)40/h4-9,14-15,20,40H,10-13,16-17H2,1-3H3,(H,33,41)(H2,32,34,35,36). The normalized spacial score (nSPS) is 14.8. The number of benzene rings is 2. The van der Waals surface area contributed by atoms with Crippen LogP contribution in [0.2, 0.25) is 0 Å². The second-order valence-corrected chi connectivity index (χ2v) is 11.8. The van der Waals surface area contributed by atoms with Gasteiger partial charge in [-0.25, -0.2) is 9.78 Å². The van der Waals surface area contributed by atoms with Gasteiger partial charge in [0.15, 0.2) is 0 Å². The summed E-state index contributed by atoms with van der Waals surface area (Å²) < 4.78 is 11.5. The Labute approximate surface area is 254 Å². The van der Waals surface area contributed by atoms with Gasteiger partial charge in [0.1, 0.15) is 17.2 Å². The Morgan fingerprint density at radius 2 is 1.98 bits per heavy atom. The number of anilines is 3. The van der Waals surface area contributed by atoms with Crippen LogP contribution in [0.15, 0.2) is 53.1 Å². The van der Waals surface area contributed by atoms with Crippen molar-refractivity contribution in [2.45, 2.75) is 45.1 Å². The van der Waals surface area contributed by atoms with Gasteiger partial charge in [-0.05, 0) is 69.0 Å². The summed E-state index contributed by atoms with van der Waals surface area (Å²) >= 11 is 0. The van der Waals surface area contributed by atoms with E-state index in [-0.39, 0.29) is 29.6 Å². The van der Waals surface area contributed by atoms with Crippen molar-refractivity contribution < 1.29 is 23.8 Å². The van der Waals surface area contributed by atoms with Crippen LogP contribution in [0.1, 0.15) is 54.1 Å². The molecule has 13 nitrogen and oxygen atoms in total. The van der Waals surface area contributed by atoms with Gasteiger partial charge in [0.2, 0.25) is 11.8 Å². The molecule has 4 N–H and O–H groups in total. The van der Waals surface area contributed by atoms with E-state index in [4.69, 9.17) is 14.1 Å². The molecule has 6 rings (SSSR count). The van der Waals surface area contributed by atoms with Crippen LogP contribution in [0, 0.1) is 0 Å². The fourth-order valence-electron chi connectivity index (χ4n) is 5.02. The van der Waals surface area contributed by atoms with E-state index >= 15 is 0 Å². The molecule has 2 aliphatic rings. The molecule has 2 aliphatic heterocycles. The number of phenols is 1. The van der Waals surface area contributed by atoms with Gasteiger partial charge in [0.25, 0.3) is 11.8 Å². The fraction of sp³-hybridized carbons (Fsp3) is 0.355. The van der Waals surface area contributed by atoms with Crippen molar-refractivity contribution in [3.8, 4) is 17.2 Å². The molecule has 0 aliphatic carbocycles. The van der Waals surface area contributed by atoms with E-state index < -0.39 is 5.60 Å². The zero-order valence-electron chi connectivity index (χ0n) is 24.8. The highest BCUT2D eigenvalue weighted by molar-refractivity contribution is 5.97. The zero-order chi connectivity index (χ0) is 30.8. The number of fused-ring (bicyclic) bond motifs is 1. The van der Waals surface area contributed by atoms with E-state index in [1.54, 1.807) is 29.3 Å². The maximum absolute atomic E-state index is 12.3. The number of para-hydroxylation sites is 1. The molecule has 0 bridgehead atoms. The Bertz CT molecular complexity index is 1690. The van der Waals surface area contributed by atoms with Crippen LogP contribution in [-0.4, -0.2) is 74.0 Å². The van der Waals surface area contributed by atoms with E-state index in [1.165, 1.54) is 0 Å². The van der Waals surface area contributed by atoms with Crippen molar-refractivity contribution in [1.82, 2.24) is 30.4 Å². The fourth-order valence-corrected chi connectivity index (χ4v) is 5.02. The lowest BCUT2D eigenvalue weighted by molar-refractivity contribution is 0.00608. The van der Waals surface area contributed by atoms with Gasteiger partial charge in [-0.3, -0.25) is 4.79 Å². The third-order valence-electron chi connectivity index (χ3n) is 7.31. The SMILES string of the molecule is CC(C)(C)OC(=O)N1CC(c2nnc(-c3cnc(Nc4ccc5c(c4)CCNC5=O)nc3NCCc3ccccc3O)o2)C1. The summed E-state index contributed by atoms with van der Waals surface area (Å²) in [6.07, 6.45) is 2.52. The summed E-state index contributed by atoms with van der Waals surface area (Å²) in [7, 11) is 0. The predicted molar refractivity (Wildman–Crippen MR) is 162 cm³/mol. The number of nitrogens with one attached hydrogen (secondary N) is 3. The third kappa shape index (κ3) is 6.41. The highest BCUT2D eigenvalue weighted by Crippen LogP contribution is 2.32. The lowest BCUT2D eigenvalue weighted by Crippen LogP contribution is -2.50. The summed E-state index contributed by atoms with van der Waals surface area (Å²) in [6, 6.07) is 12.7. The first-order valence-electron chi connectivity index (χ1n) is 14.5. The summed E-state index contributed by atoms with van der Waals surface area (Å²) in [5.74, 6) is 1.51. The first-order chi connectivity index (χ1) is 21.1. The molecule has 0 saturated carbocycles. The average molecular weight is 599 g/mol. The van der Waals surface area contributed by atoms with E-state index in [0.29, 0.717) is 61.4 Å². The maximum Gasteiger partial charge on any atom is 0.410 e. The van der Waals surface area contributed by atoms with Gasteiger partial charge in [-0.2, -0.15) is 4.98 Å². The minimum atomic E-state index is -0.570. The molecule has 1 fully saturated rings. The number of hydrogen-bond donors (Lipinski definition) is 4.